The van der Waals surface area contributed by atoms with Crippen molar-refractivity contribution in [3.63, 3.8) is 0 Å². The van der Waals surface area contributed by atoms with Crippen LogP contribution in [0.25, 0.3) is 0 Å². The largest absolute Gasteiger partial charge is 0.385 e. The maximum Gasteiger partial charge on any atom is 0.123 e. The van der Waals surface area contributed by atoms with Gasteiger partial charge in [0, 0.05) is 0 Å². The van der Waals surface area contributed by atoms with Gasteiger partial charge in [-0.25, -0.2) is 4.39 Å². The zero-order valence-electron chi connectivity index (χ0n) is 11.8. The number of aryl methyl sites for hydroxylation is 1. The van der Waals surface area contributed by atoms with Crippen LogP contribution in [0.3, 0.4) is 0 Å². The number of rotatable bonds is 1. The molecule has 18 heavy (non-hydrogen) atoms. The maximum atomic E-state index is 13.5. The molecule has 0 aliphatic heterocycles. The fraction of sp³-hybridized carbons (Fsp3) is 0.625. The Balaban J connectivity index is 2.36. The van der Waals surface area contributed by atoms with Crippen LogP contribution in [0.1, 0.15) is 51.2 Å². The molecule has 1 aromatic carbocycles. The lowest BCUT2D eigenvalue weighted by Crippen LogP contribution is -2.41. The van der Waals surface area contributed by atoms with E-state index in [4.69, 9.17) is 0 Å². The highest BCUT2D eigenvalue weighted by molar-refractivity contribution is 5.29. The fourth-order valence-corrected chi connectivity index (χ4v) is 3.29. The maximum absolute atomic E-state index is 13.5. The summed E-state index contributed by atoms with van der Waals surface area (Å²) >= 11 is 0. The van der Waals surface area contributed by atoms with Gasteiger partial charge in [0.25, 0.3) is 0 Å². The summed E-state index contributed by atoms with van der Waals surface area (Å²) in [6.07, 6.45) is 2.66. The fourth-order valence-electron chi connectivity index (χ4n) is 3.29. The minimum Gasteiger partial charge on any atom is -0.385 e. The van der Waals surface area contributed by atoms with Crippen molar-refractivity contribution in [2.24, 2.45) is 11.3 Å². The lowest BCUT2D eigenvalue weighted by atomic mass is 9.63. The average Bonchev–Trinajstić information content (AvgIpc) is 2.22. The zero-order valence-corrected chi connectivity index (χ0v) is 11.8. The lowest BCUT2D eigenvalue weighted by molar-refractivity contribution is -0.0771. The van der Waals surface area contributed by atoms with Gasteiger partial charge in [0.15, 0.2) is 0 Å². The Kier molecular flexibility index (Phi) is 3.26. The molecule has 0 spiro atoms. The number of aliphatic hydroxyl groups is 1. The van der Waals surface area contributed by atoms with E-state index < -0.39 is 5.60 Å². The molecular formula is C16H23FO. The molecule has 0 heterocycles. The highest BCUT2D eigenvalue weighted by Crippen LogP contribution is 2.48. The van der Waals surface area contributed by atoms with Crippen LogP contribution in [-0.4, -0.2) is 5.11 Å². The number of hydrogen-bond donors (Lipinski definition) is 1. The first-order chi connectivity index (χ1) is 8.23. The van der Waals surface area contributed by atoms with E-state index in [1.165, 1.54) is 12.1 Å². The van der Waals surface area contributed by atoms with Gasteiger partial charge in [-0.2, -0.15) is 0 Å². The Morgan fingerprint density at radius 1 is 1.22 bits per heavy atom. The van der Waals surface area contributed by atoms with Crippen LogP contribution >= 0.6 is 0 Å². The van der Waals surface area contributed by atoms with Gasteiger partial charge in [-0.1, -0.05) is 26.8 Å². The summed E-state index contributed by atoms with van der Waals surface area (Å²) in [5, 5.41) is 10.9. The van der Waals surface area contributed by atoms with Crippen LogP contribution in [-0.2, 0) is 5.60 Å². The van der Waals surface area contributed by atoms with Gasteiger partial charge in [0.05, 0.1) is 5.60 Å². The molecule has 1 aliphatic rings. The molecule has 100 valence electrons. The zero-order chi connectivity index (χ0) is 13.6. The second kappa shape index (κ2) is 4.34. The molecular weight excluding hydrogens is 227 g/mol. The summed E-state index contributed by atoms with van der Waals surface area (Å²) in [5.74, 6) is -0.0992. The predicted octanol–water partition coefficient (Wildman–Crippen LogP) is 4.17. The molecule has 0 aromatic heterocycles. The van der Waals surface area contributed by atoms with Crippen LogP contribution in [0.4, 0.5) is 4.39 Å². The first-order valence-electron chi connectivity index (χ1n) is 6.73. The van der Waals surface area contributed by atoms with E-state index in [-0.39, 0.29) is 17.2 Å². The van der Waals surface area contributed by atoms with Gasteiger partial charge in [0.2, 0.25) is 0 Å². The second-order valence-corrected chi connectivity index (χ2v) is 6.71. The van der Waals surface area contributed by atoms with Crippen molar-refractivity contribution >= 4 is 0 Å². The molecule has 1 aliphatic carbocycles. The minimum atomic E-state index is -0.873. The molecule has 1 saturated carbocycles. The molecule has 2 rings (SSSR count). The average molecular weight is 250 g/mol. The van der Waals surface area contributed by atoms with E-state index in [1.807, 2.05) is 13.0 Å². The van der Waals surface area contributed by atoms with Crippen molar-refractivity contribution < 1.29 is 9.50 Å². The third-order valence-electron chi connectivity index (χ3n) is 4.40. The third-order valence-corrected chi connectivity index (χ3v) is 4.40. The summed E-state index contributed by atoms with van der Waals surface area (Å²) in [7, 11) is 0. The molecule has 2 atom stereocenters. The molecule has 1 nitrogen and oxygen atoms in total. The molecule has 2 unspecified atom stereocenters. The van der Waals surface area contributed by atoms with Crippen molar-refractivity contribution in [1.82, 2.24) is 0 Å². The topological polar surface area (TPSA) is 20.2 Å². The highest BCUT2D eigenvalue weighted by Gasteiger charge is 2.43. The quantitative estimate of drug-likeness (QED) is 0.793. The normalized spacial score (nSPS) is 31.3. The van der Waals surface area contributed by atoms with Gasteiger partial charge in [-0.05, 0) is 60.8 Å². The van der Waals surface area contributed by atoms with Gasteiger partial charge in [-0.15, -0.1) is 0 Å². The number of hydrogen-bond acceptors (Lipinski definition) is 1. The smallest absolute Gasteiger partial charge is 0.123 e. The van der Waals surface area contributed by atoms with E-state index in [0.29, 0.717) is 6.42 Å². The molecule has 0 amide bonds. The van der Waals surface area contributed by atoms with E-state index in [9.17, 15) is 9.50 Å². The third kappa shape index (κ3) is 2.44. The van der Waals surface area contributed by atoms with E-state index >= 15 is 0 Å². The van der Waals surface area contributed by atoms with E-state index in [1.54, 1.807) is 0 Å². The Bertz CT molecular complexity index is 432. The molecule has 1 N–H and O–H groups in total. The molecule has 1 aromatic rings. The SMILES string of the molecule is Cc1cc(F)cc(C2(O)CCC(C)(C)CC2C)c1. The first-order valence-corrected chi connectivity index (χ1v) is 6.73. The first kappa shape index (κ1) is 13.5. The Hall–Kier alpha value is -0.890. The Labute approximate surface area is 109 Å². The van der Waals surface area contributed by atoms with Gasteiger partial charge < -0.3 is 5.11 Å². The molecule has 0 radical (unpaired) electrons. The summed E-state index contributed by atoms with van der Waals surface area (Å²) in [5.41, 5.74) is 1.01. The van der Waals surface area contributed by atoms with E-state index in [0.717, 1.165) is 24.0 Å². The standard InChI is InChI=1S/C16H23FO/c1-11-7-13(9-14(17)8-11)16(18)6-5-15(3,4)10-12(16)2/h7-9,12,18H,5-6,10H2,1-4H3. The number of halogens is 1. The Morgan fingerprint density at radius 3 is 2.44 bits per heavy atom. The van der Waals surface area contributed by atoms with Crippen molar-refractivity contribution in [3.05, 3.63) is 35.1 Å². The minimum absolute atomic E-state index is 0.155. The van der Waals surface area contributed by atoms with Gasteiger partial charge in [-0.3, -0.25) is 0 Å². The summed E-state index contributed by atoms with van der Waals surface area (Å²) < 4.78 is 13.5. The summed E-state index contributed by atoms with van der Waals surface area (Å²) in [6, 6.07) is 4.91. The van der Waals surface area contributed by atoms with Crippen LogP contribution < -0.4 is 0 Å². The van der Waals surface area contributed by atoms with Crippen LogP contribution in [0.15, 0.2) is 18.2 Å². The van der Waals surface area contributed by atoms with Crippen molar-refractivity contribution in [3.8, 4) is 0 Å². The van der Waals surface area contributed by atoms with Crippen molar-refractivity contribution in [2.45, 2.75) is 52.6 Å². The monoisotopic (exact) mass is 250 g/mol. The van der Waals surface area contributed by atoms with Crippen molar-refractivity contribution in [2.75, 3.05) is 0 Å². The van der Waals surface area contributed by atoms with Crippen LogP contribution in [0, 0.1) is 24.1 Å². The Morgan fingerprint density at radius 2 is 1.89 bits per heavy atom. The number of benzene rings is 1. The summed E-state index contributed by atoms with van der Waals surface area (Å²) in [6.45, 7) is 8.41. The molecule has 0 saturated heterocycles. The molecule has 2 heteroatoms. The van der Waals surface area contributed by atoms with Crippen LogP contribution in [0.5, 0.6) is 0 Å². The van der Waals surface area contributed by atoms with E-state index in [2.05, 4.69) is 20.8 Å². The van der Waals surface area contributed by atoms with Gasteiger partial charge >= 0.3 is 0 Å². The molecule has 1 fully saturated rings. The summed E-state index contributed by atoms with van der Waals surface area (Å²) in [4.78, 5) is 0. The van der Waals surface area contributed by atoms with Crippen molar-refractivity contribution in [1.29, 1.82) is 0 Å². The predicted molar refractivity (Wildman–Crippen MR) is 71.8 cm³/mol. The second-order valence-electron chi connectivity index (χ2n) is 6.71. The lowest BCUT2D eigenvalue weighted by Gasteiger charge is -2.45. The molecule has 0 bridgehead atoms. The van der Waals surface area contributed by atoms with Crippen LogP contribution in [0.2, 0.25) is 0 Å². The highest BCUT2D eigenvalue weighted by atomic mass is 19.1. The van der Waals surface area contributed by atoms with Gasteiger partial charge in [0.1, 0.15) is 5.82 Å².